The van der Waals surface area contributed by atoms with Crippen molar-refractivity contribution in [2.24, 2.45) is 5.92 Å². The quantitative estimate of drug-likeness (QED) is 0.723. The lowest BCUT2D eigenvalue weighted by Gasteiger charge is -2.12. The third-order valence-electron chi connectivity index (χ3n) is 2.38. The minimum atomic E-state index is -0.0494. The first-order valence-corrected chi connectivity index (χ1v) is 6.15. The first-order chi connectivity index (χ1) is 8.67. The van der Waals surface area contributed by atoms with E-state index >= 15 is 0 Å². The van der Waals surface area contributed by atoms with Gasteiger partial charge in [-0.2, -0.15) is 0 Å². The molecule has 0 aliphatic rings. The molecule has 0 aliphatic carbocycles. The lowest BCUT2D eigenvalue weighted by Crippen LogP contribution is -2.11. The highest BCUT2D eigenvalue weighted by atomic mass is 16.5. The summed E-state index contributed by atoms with van der Waals surface area (Å²) in [6, 6.07) is 5.37. The number of ether oxygens (including phenoxy) is 3. The van der Waals surface area contributed by atoms with E-state index < -0.39 is 0 Å². The van der Waals surface area contributed by atoms with Crippen molar-refractivity contribution >= 4 is 0 Å². The van der Waals surface area contributed by atoms with Crippen molar-refractivity contribution in [3.8, 4) is 11.5 Å². The number of benzene rings is 1. The van der Waals surface area contributed by atoms with Crippen LogP contribution < -0.4 is 9.47 Å². The van der Waals surface area contributed by atoms with Gasteiger partial charge in [-0.25, -0.2) is 0 Å². The summed E-state index contributed by atoms with van der Waals surface area (Å²) >= 11 is 0. The minimum absolute atomic E-state index is 0.0494. The van der Waals surface area contributed by atoms with E-state index in [0.717, 1.165) is 12.2 Å². The summed E-state index contributed by atoms with van der Waals surface area (Å²) in [6.45, 7) is 5.90. The average molecular weight is 254 g/mol. The molecule has 18 heavy (non-hydrogen) atoms. The fourth-order valence-electron chi connectivity index (χ4n) is 1.46. The Morgan fingerprint density at radius 1 is 1.22 bits per heavy atom. The van der Waals surface area contributed by atoms with Crippen LogP contribution >= 0.6 is 0 Å². The highest BCUT2D eigenvalue weighted by Gasteiger charge is 2.05. The van der Waals surface area contributed by atoms with Crippen LogP contribution in [0.1, 0.15) is 19.4 Å². The van der Waals surface area contributed by atoms with Crippen molar-refractivity contribution in [3.63, 3.8) is 0 Å². The van der Waals surface area contributed by atoms with E-state index in [0.29, 0.717) is 30.6 Å². The molecule has 0 spiro atoms. The van der Waals surface area contributed by atoms with E-state index in [2.05, 4.69) is 13.8 Å². The standard InChI is InChI=1S/C14H22O4/c1-11(2)10-17-6-7-18-14-8-13(16-3)5-4-12(14)9-15/h4-5,8,11,15H,6-7,9-10H2,1-3H3. The summed E-state index contributed by atoms with van der Waals surface area (Å²) in [4.78, 5) is 0. The van der Waals surface area contributed by atoms with Crippen LogP contribution in [0.3, 0.4) is 0 Å². The van der Waals surface area contributed by atoms with Crippen LogP contribution in [0, 0.1) is 5.92 Å². The average Bonchev–Trinajstić information content (AvgIpc) is 2.37. The monoisotopic (exact) mass is 254 g/mol. The summed E-state index contributed by atoms with van der Waals surface area (Å²) in [5.74, 6) is 1.88. The molecular weight excluding hydrogens is 232 g/mol. The summed E-state index contributed by atoms with van der Waals surface area (Å²) < 4.78 is 16.1. The van der Waals surface area contributed by atoms with Gasteiger partial charge in [0, 0.05) is 18.2 Å². The Kier molecular flexibility index (Phi) is 6.54. The highest BCUT2D eigenvalue weighted by Crippen LogP contribution is 2.24. The van der Waals surface area contributed by atoms with Crippen LogP contribution in [0.25, 0.3) is 0 Å². The predicted molar refractivity (Wildman–Crippen MR) is 70.1 cm³/mol. The second kappa shape index (κ2) is 7.95. The normalized spacial score (nSPS) is 10.7. The molecule has 0 fully saturated rings. The molecule has 1 aromatic rings. The van der Waals surface area contributed by atoms with E-state index in [4.69, 9.17) is 14.2 Å². The maximum atomic E-state index is 9.21. The Morgan fingerprint density at radius 3 is 2.61 bits per heavy atom. The Bertz CT molecular complexity index is 350. The van der Waals surface area contributed by atoms with Crippen LogP contribution in [-0.2, 0) is 11.3 Å². The number of methoxy groups -OCH3 is 1. The van der Waals surface area contributed by atoms with Gasteiger partial charge in [0.25, 0.3) is 0 Å². The van der Waals surface area contributed by atoms with Gasteiger partial charge in [0.15, 0.2) is 0 Å². The van der Waals surface area contributed by atoms with Crippen molar-refractivity contribution < 1.29 is 19.3 Å². The number of hydrogen-bond donors (Lipinski definition) is 1. The number of hydrogen-bond acceptors (Lipinski definition) is 4. The van der Waals surface area contributed by atoms with Crippen LogP contribution in [0.4, 0.5) is 0 Å². The topological polar surface area (TPSA) is 47.9 Å². The molecule has 0 aromatic heterocycles. The van der Waals surface area contributed by atoms with Gasteiger partial charge in [-0.3, -0.25) is 0 Å². The zero-order valence-electron chi connectivity index (χ0n) is 11.3. The molecule has 4 nitrogen and oxygen atoms in total. The molecule has 0 bridgehead atoms. The van der Waals surface area contributed by atoms with Crippen molar-refractivity contribution in [2.45, 2.75) is 20.5 Å². The van der Waals surface area contributed by atoms with Gasteiger partial charge in [-0.1, -0.05) is 13.8 Å². The van der Waals surface area contributed by atoms with Gasteiger partial charge in [0.1, 0.15) is 18.1 Å². The molecule has 1 rings (SSSR count). The van der Waals surface area contributed by atoms with Crippen LogP contribution in [0.5, 0.6) is 11.5 Å². The van der Waals surface area contributed by atoms with Crippen molar-refractivity contribution in [1.29, 1.82) is 0 Å². The first kappa shape index (κ1) is 14.8. The molecule has 4 heteroatoms. The summed E-state index contributed by atoms with van der Waals surface area (Å²) in [5, 5.41) is 9.21. The number of aliphatic hydroxyl groups is 1. The highest BCUT2D eigenvalue weighted by molar-refractivity contribution is 5.40. The molecule has 0 aliphatic heterocycles. The zero-order chi connectivity index (χ0) is 13.4. The zero-order valence-corrected chi connectivity index (χ0v) is 11.3. The molecule has 1 N–H and O–H groups in total. The molecule has 102 valence electrons. The van der Waals surface area contributed by atoms with Crippen LogP contribution in [0.15, 0.2) is 18.2 Å². The summed E-state index contributed by atoms with van der Waals surface area (Å²) in [6.07, 6.45) is 0. The van der Waals surface area contributed by atoms with E-state index in [1.54, 1.807) is 25.3 Å². The largest absolute Gasteiger partial charge is 0.497 e. The van der Waals surface area contributed by atoms with E-state index in [9.17, 15) is 5.11 Å². The lowest BCUT2D eigenvalue weighted by atomic mass is 10.2. The molecule has 0 saturated carbocycles. The maximum Gasteiger partial charge on any atom is 0.128 e. The first-order valence-electron chi connectivity index (χ1n) is 6.15. The van der Waals surface area contributed by atoms with Gasteiger partial charge in [0.05, 0.1) is 20.3 Å². The Labute approximate surface area is 108 Å². The smallest absolute Gasteiger partial charge is 0.128 e. The van der Waals surface area contributed by atoms with Crippen molar-refractivity contribution in [3.05, 3.63) is 23.8 Å². The Morgan fingerprint density at radius 2 is 2.00 bits per heavy atom. The fraction of sp³-hybridized carbons (Fsp3) is 0.571. The van der Waals surface area contributed by atoms with Gasteiger partial charge >= 0.3 is 0 Å². The molecule has 0 saturated heterocycles. The molecule has 0 radical (unpaired) electrons. The third-order valence-corrected chi connectivity index (χ3v) is 2.38. The molecule has 0 atom stereocenters. The second-order valence-corrected chi connectivity index (χ2v) is 4.45. The van der Waals surface area contributed by atoms with Gasteiger partial charge in [-0.15, -0.1) is 0 Å². The molecule has 0 heterocycles. The predicted octanol–water partition coefficient (Wildman–Crippen LogP) is 2.24. The van der Waals surface area contributed by atoms with Gasteiger partial charge in [-0.05, 0) is 18.1 Å². The van der Waals surface area contributed by atoms with Gasteiger partial charge < -0.3 is 19.3 Å². The maximum absolute atomic E-state index is 9.21. The second-order valence-electron chi connectivity index (χ2n) is 4.45. The molecule has 0 amide bonds. The fourth-order valence-corrected chi connectivity index (χ4v) is 1.46. The summed E-state index contributed by atoms with van der Waals surface area (Å²) in [5.41, 5.74) is 0.750. The third kappa shape index (κ3) is 4.94. The van der Waals surface area contributed by atoms with Gasteiger partial charge in [0.2, 0.25) is 0 Å². The van der Waals surface area contributed by atoms with E-state index in [-0.39, 0.29) is 6.61 Å². The minimum Gasteiger partial charge on any atom is -0.497 e. The van der Waals surface area contributed by atoms with Crippen molar-refractivity contribution in [2.75, 3.05) is 26.9 Å². The van der Waals surface area contributed by atoms with Crippen LogP contribution in [-0.4, -0.2) is 32.0 Å². The van der Waals surface area contributed by atoms with E-state index in [1.807, 2.05) is 0 Å². The van der Waals surface area contributed by atoms with Crippen LogP contribution in [0.2, 0.25) is 0 Å². The Hall–Kier alpha value is -1.26. The molecular formula is C14H22O4. The SMILES string of the molecule is COc1ccc(CO)c(OCCOCC(C)C)c1. The van der Waals surface area contributed by atoms with Crippen molar-refractivity contribution in [1.82, 2.24) is 0 Å². The molecule has 0 unspecified atom stereocenters. The number of rotatable bonds is 8. The van der Waals surface area contributed by atoms with E-state index in [1.165, 1.54) is 0 Å². The number of aliphatic hydroxyl groups excluding tert-OH is 1. The Balaban J connectivity index is 2.44. The molecule has 1 aromatic carbocycles. The summed E-state index contributed by atoms with van der Waals surface area (Å²) in [7, 11) is 1.60. The lowest BCUT2D eigenvalue weighted by molar-refractivity contribution is 0.0811.